The number of amides is 2. The van der Waals surface area contributed by atoms with Crippen LogP contribution in [0.15, 0.2) is 36.4 Å². The van der Waals surface area contributed by atoms with E-state index in [1.54, 1.807) is 36.4 Å². The number of hydrogen-bond donors (Lipinski definition) is 2. The SMILES string of the molecule is Cc1c(Cl)cccc1NC(=O)c1ccc2c(c1)NC(=O)CCO2. The number of halogens is 1. The normalized spacial score (nSPS) is 13.4. The average Bonchev–Trinajstić information content (AvgIpc) is 2.71. The first-order valence-corrected chi connectivity index (χ1v) is 7.55. The summed E-state index contributed by atoms with van der Waals surface area (Å²) in [4.78, 5) is 24.0. The van der Waals surface area contributed by atoms with Crippen LogP contribution in [-0.4, -0.2) is 18.4 Å². The van der Waals surface area contributed by atoms with Gasteiger partial charge in [-0.1, -0.05) is 17.7 Å². The molecule has 0 bridgehead atoms. The maximum atomic E-state index is 12.4. The summed E-state index contributed by atoms with van der Waals surface area (Å²) in [5.74, 6) is 0.148. The molecule has 2 N–H and O–H groups in total. The van der Waals surface area contributed by atoms with Crippen LogP contribution < -0.4 is 15.4 Å². The van der Waals surface area contributed by atoms with Crippen LogP contribution in [0.3, 0.4) is 0 Å². The van der Waals surface area contributed by atoms with Gasteiger partial charge in [0.25, 0.3) is 5.91 Å². The Bertz CT molecular complexity index is 789. The molecule has 0 aromatic heterocycles. The maximum Gasteiger partial charge on any atom is 0.255 e. The van der Waals surface area contributed by atoms with E-state index in [-0.39, 0.29) is 18.2 Å². The van der Waals surface area contributed by atoms with Gasteiger partial charge in [0.2, 0.25) is 5.91 Å². The lowest BCUT2D eigenvalue weighted by atomic mass is 10.1. The highest BCUT2D eigenvalue weighted by Crippen LogP contribution is 2.29. The molecule has 1 aliphatic heterocycles. The highest BCUT2D eigenvalue weighted by Gasteiger charge is 2.16. The Morgan fingerprint density at radius 1 is 1.30 bits per heavy atom. The molecule has 0 radical (unpaired) electrons. The van der Waals surface area contributed by atoms with Crippen LogP contribution in [0.1, 0.15) is 22.3 Å². The first-order chi connectivity index (χ1) is 11.0. The fourth-order valence-corrected chi connectivity index (χ4v) is 2.47. The van der Waals surface area contributed by atoms with Gasteiger partial charge >= 0.3 is 0 Å². The van der Waals surface area contributed by atoms with Gasteiger partial charge in [0.15, 0.2) is 0 Å². The molecule has 0 atom stereocenters. The van der Waals surface area contributed by atoms with Crippen molar-refractivity contribution < 1.29 is 14.3 Å². The highest BCUT2D eigenvalue weighted by molar-refractivity contribution is 6.31. The molecule has 23 heavy (non-hydrogen) atoms. The molecule has 6 heteroatoms. The summed E-state index contributed by atoms with van der Waals surface area (Å²) in [6.45, 7) is 2.16. The molecule has 0 fully saturated rings. The number of fused-ring (bicyclic) bond motifs is 1. The molecule has 1 aliphatic rings. The summed E-state index contributed by atoms with van der Waals surface area (Å²) in [7, 11) is 0. The molecule has 0 unspecified atom stereocenters. The Labute approximate surface area is 138 Å². The summed E-state index contributed by atoms with van der Waals surface area (Å²) in [5, 5.41) is 6.15. The zero-order chi connectivity index (χ0) is 16.4. The fourth-order valence-electron chi connectivity index (χ4n) is 2.30. The Hall–Kier alpha value is -2.53. The number of anilines is 2. The largest absolute Gasteiger partial charge is 0.491 e. The van der Waals surface area contributed by atoms with E-state index in [2.05, 4.69) is 10.6 Å². The minimum Gasteiger partial charge on any atom is -0.491 e. The van der Waals surface area contributed by atoms with Crippen LogP contribution >= 0.6 is 11.6 Å². The average molecular weight is 331 g/mol. The standard InChI is InChI=1S/C17H15ClN2O3/c1-10-12(18)3-2-4-13(10)20-17(22)11-5-6-15-14(9-11)19-16(21)7-8-23-15/h2-6,9H,7-8H2,1H3,(H,19,21)(H,20,22). The second-order valence-electron chi connectivity index (χ2n) is 5.22. The Balaban J connectivity index is 1.85. The first kappa shape index (κ1) is 15.4. The van der Waals surface area contributed by atoms with Crippen molar-refractivity contribution in [2.75, 3.05) is 17.2 Å². The third kappa shape index (κ3) is 3.29. The highest BCUT2D eigenvalue weighted by atomic mass is 35.5. The maximum absolute atomic E-state index is 12.4. The molecule has 1 heterocycles. The smallest absolute Gasteiger partial charge is 0.255 e. The summed E-state index contributed by atoms with van der Waals surface area (Å²) in [6.07, 6.45) is 0.290. The van der Waals surface area contributed by atoms with Gasteiger partial charge in [-0.15, -0.1) is 0 Å². The van der Waals surface area contributed by atoms with E-state index in [1.807, 2.05) is 6.92 Å². The van der Waals surface area contributed by atoms with E-state index in [0.29, 0.717) is 34.3 Å². The molecule has 0 saturated heterocycles. The number of carbonyl (C=O) groups excluding carboxylic acids is 2. The zero-order valence-electron chi connectivity index (χ0n) is 12.5. The molecule has 0 aliphatic carbocycles. The summed E-state index contributed by atoms with van der Waals surface area (Å²) in [5.41, 5.74) is 2.38. The van der Waals surface area contributed by atoms with Crippen LogP contribution in [0, 0.1) is 6.92 Å². The van der Waals surface area contributed by atoms with E-state index in [4.69, 9.17) is 16.3 Å². The van der Waals surface area contributed by atoms with E-state index >= 15 is 0 Å². The van der Waals surface area contributed by atoms with Crippen LogP contribution in [0.5, 0.6) is 5.75 Å². The third-order valence-electron chi connectivity index (χ3n) is 3.62. The lowest BCUT2D eigenvalue weighted by molar-refractivity contribution is -0.116. The summed E-state index contributed by atoms with van der Waals surface area (Å²) in [6, 6.07) is 10.3. The van der Waals surface area contributed by atoms with Crippen molar-refractivity contribution in [3.8, 4) is 5.75 Å². The Kier molecular flexibility index (Phi) is 4.21. The van der Waals surface area contributed by atoms with Gasteiger partial charge in [-0.3, -0.25) is 9.59 Å². The monoisotopic (exact) mass is 330 g/mol. The summed E-state index contributed by atoms with van der Waals surface area (Å²) >= 11 is 6.06. The fraction of sp³-hybridized carbons (Fsp3) is 0.176. The van der Waals surface area contributed by atoms with E-state index in [0.717, 1.165) is 5.56 Å². The number of nitrogens with one attached hydrogen (secondary N) is 2. The minimum atomic E-state index is -0.281. The molecular weight excluding hydrogens is 316 g/mol. The topological polar surface area (TPSA) is 67.4 Å². The van der Waals surface area contributed by atoms with Gasteiger partial charge in [-0.05, 0) is 42.8 Å². The second kappa shape index (κ2) is 6.30. The van der Waals surface area contributed by atoms with Crippen molar-refractivity contribution in [3.05, 3.63) is 52.5 Å². The molecule has 0 saturated carbocycles. The predicted octanol–water partition coefficient (Wildman–Crippen LogP) is 3.62. The van der Waals surface area contributed by atoms with Crippen LogP contribution in [0.25, 0.3) is 0 Å². The minimum absolute atomic E-state index is 0.132. The molecule has 3 rings (SSSR count). The molecular formula is C17H15ClN2O3. The van der Waals surface area contributed by atoms with E-state index in [1.165, 1.54) is 0 Å². The van der Waals surface area contributed by atoms with Crippen molar-refractivity contribution in [2.45, 2.75) is 13.3 Å². The van der Waals surface area contributed by atoms with Gasteiger partial charge in [0.1, 0.15) is 5.75 Å². The van der Waals surface area contributed by atoms with Gasteiger partial charge in [-0.2, -0.15) is 0 Å². The van der Waals surface area contributed by atoms with E-state index < -0.39 is 0 Å². The van der Waals surface area contributed by atoms with Crippen molar-refractivity contribution >= 4 is 34.8 Å². The number of ether oxygens (including phenoxy) is 1. The summed E-state index contributed by atoms with van der Waals surface area (Å²) < 4.78 is 5.47. The predicted molar refractivity (Wildman–Crippen MR) is 89.3 cm³/mol. The van der Waals surface area contributed by atoms with Crippen LogP contribution in [-0.2, 0) is 4.79 Å². The van der Waals surface area contributed by atoms with Gasteiger partial charge in [0.05, 0.1) is 18.7 Å². The van der Waals surface area contributed by atoms with Gasteiger partial charge in [0, 0.05) is 16.3 Å². The molecule has 0 spiro atoms. The first-order valence-electron chi connectivity index (χ1n) is 7.18. The number of carbonyl (C=O) groups is 2. The van der Waals surface area contributed by atoms with Crippen molar-refractivity contribution in [3.63, 3.8) is 0 Å². The molecule has 2 aromatic carbocycles. The Morgan fingerprint density at radius 2 is 2.13 bits per heavy atom. The molecule has 2 amide bonds. The van der Waals surface area contributed by atoms with Gasteiger partial charge in [-0.25, -0.2) is 0 Å². The zero-order valence-corrected chi connectivity index (χ0v) is 13.2. The number of hydrogen-bond acceptors (Lipinski definition) is 3. The lowest BCUT2D eigenvalue weighted by Crippen LogP contribution is -2.14. The lowest BCUT2D eigenvalue weighted by Gasteiger charge is -2.12. The van der Waals surface area contributed by atoms with Crippen LogP contribution in [0.4, 0.5) is 11.4 Å². The molecule has 118 valence electrons. The third-order valence-corrected chi connectivity index (χ3v) is 4.03. The second-order valence-corrected chi connectivity index (χ2v) is 5.63. The van der Waals surface area contributed by atoms with Crippen molar-refractivity contribution in [2.24, 2.45) is 0 Å². The van der Waals surface area contributed by atoms with Gasteiger partial charge < -0.3 is 15.4 Å². The Morgan fingerprint density at radius 3 is 2.96 bits per heavy atom. The molecule has 5 nitrogen and oxygen atoms in total. The molecule has 2 aromatic rings. The van der Waals surface area contributed by atoms with Crippen molar-refractivity contribution in [1.82, 2.24) is 0 Å². The van der Waals surface area contributed by atoms with Crippen LogP contribution in [0.2, 0.25) is 5.02 Å². The number of rotatable bonds is 2. The number of benzene rings is 2. The quantitative estimate of drug-likeness (QED) is 0.883. The van der Waals surface area contributed by atoms with Crippen molar-refractivity contribution in [1.29, 1.82) is 0 Å². The van der Waals surface area contributed by atoms with E-state index in [9.17, 15) is 9.59 Å².